The number of piperidine rings is 1. The summed E-state index contributed by atoms with van der Waals surface area (Å²) < 4.78 is 67.2. The van der Waals surface area contributed by atoms with E-state index in [-0.39, 0.29) is 68.6 Å². The lowest BCUT2D eigenvalue weighted by Gasteiger charge is -2.35. The second-order valence-electron chi connectivity index (χ2n) is 15.0. The number of rotatable bonds is 11. The molecule has 13 nitrogen and oxygen atoms in total. The van der Waals surface area contributed by atoms with E-state index < -0.39 is 29.9 Å². The lowest BCUT2D eigenvalue weighted by Crippen LogP contribution is -2.52. The van der Waals surface area contributed by atoms with Gasteiger partial charge in [-0.1, -0.05) is 18.1 Å². The molecule has 1 aliphatic carbocycles. The Bertz CT molecular complexity index is 2760. The van der Waals surface area contributed by atoms with E-state index in [1.165, 1.54) is 17.0 Å². The number of pyridine rings is 3. The number of benzene rings is 2. The zero-order chi connectivity index (χ0) is 42.3. The predicted octanol–water partition coefficient (Wildman–Crippen LogP) is 6.40. The van der Waals surface area contributed by atoms with Crippen LogP contribution in [0.2, 0.25) is 0 Å². The highest BCUT2D eigenvalue weighted by Gasteiger charge is 2.41. The summed E-state index contributed by atoms with van der Waals surface area (Å²) in [5.74, 6) is 4.71. The topological polar surface area (TPSA) is 147 Å². The molecule has 2 aromatic carbocycles. The highest BCUT2D eigenvalue weighted by Crippen LogP contribution is 2.38. The number of carbonyl (C=O) groups excluding carboxylic acids is 3. The van der Waals surface area contributed by atoms with Crippen molar-refractivity contribution in [2.24, 2.45) is 7.05 Å². The zero-order valence-electron chi connectivity index (χ0n) is 32.7. The third-order valence-corrected chi connectivity index (χ3v) is 11.0. The molecule has 3 aliphatic rings. The van der Waals surface area contributed by atoms with Gasteiger partial charge in [-0.3, -0.25) is 24.7 Å². The number of carbonyl (C=O) groups is 3. The van der Waals surface area contributed by atoms with Crippen LogP contribution >= 0.6 is 0 Å². The normalized spacial score (nSPS) is 18.7. The van der Waals surface area contributed by atoms with E-state index in [2.05, 4.69) is 48.8 Å². The summed E-state index contributed by atoms with van der Waals surface area (Å²) in [5.41, 5.74) is 4.02. The second-order valence-corrected chi connectivity index (χ2v) is 15.0. The predicted molar refractivity (Wildman–Crippen MR) is 214 cm³/mol. The number of nitrogens with one attached hydrogen (secondary N) is 1. The SMILES string of the molecule is Cn1c2ccncc2c2ccc(-c3ccc(OC4CC(Oc5ccc(C#CCOCCOc6ccc7c(c6)CN(C6CCC(=O)NC6=O)C7=O)nc5C(F)(F)F)C4)nc3)cc21. The average Bonchev–Trinajstić information content (AvgIpc) is 3.71. The van der Waals surface area contributed by atoms with Gasteiger partial charge in [0.05, 0.1) is 12.1 Å². The first kappa shape index (κ1) is 39.5. The van der Waals surface area contributed by atoms with Gasteiger partial charge in [-0.05, 0) is 72.0 Å². The molecule has 1 saturated carbocycles. The van der Waals surface area contributed by atoms with Crippen LogP contribution in [0.1, 0.15) is 53.0 Å². The van der Waals surface area contributed by atoms with Gasteiger partial charge in [-0.15, -0.1) is 0 Å². The van der Waals surface area contributed by atoms with Crippen molar-refractivity contribution in [1.29, 1.82) is 0 Å². The Kier molecular flexibility index (Phi) is 10.5. The third-order valence-electron chi connectivity index (χ3n) is 11.0. The number of fused-ring (bicyclic) bond motifs is 4. The minimum Gasteiger partial charge on any atom is -0.491 e. The smallest absolute Gasteiger partial charge is 0.437 e. The Morgan fingerprint density at radius 1 is 0.885 bits per heavy atom. The van der Waals surface area contributed by atoms with Crippen LogP contribution in [-0.4, -0.2) is 80.2 Å². The van der Waals surface area contributed by atoms with Crippen LogP contribution in [0.15, 0.2) is 85.3 Å². The first-order chi connectivity index (χ1) is 29.5. The van der Waals surface area contributed by atoms with Crippen molar-refractivity contribution in [3.05, 3.63) is 108 Å². The summed E-state index contributed by atoms with van der Waals surface area (Å²) in [7, 11) is 2.03. The monoisotopic (exact) mass is 830 g/mol. The molecule has 4 aromatic heterocycles. The van der Waals surface area contributed by atoms with Crippen molar-refractivity contribution >= 4 is 39.5 Å². The summed E-state index contributed by atoms with van der Waals surface area (Å²) in [6.45, 7) is 0.420. The fourth-order valence-corrected chi connectivity index (χ4v) is 7.84. The zero-order valence-corrected chi connectivity index (χ0v) is 32.7. The molecule has 1 N–H and O–H groups in total. The molecule has 61 heavy (non-hydrogen) atoms. The molecule has 0 spiro atoms. The Morgan fingerprint density at radius 3 is 2.52 bits per heavy atom. The van der Waals surface area contributed by atoms with Crippen LogP contribution in [0, 0.1) is 11.8 Å². The molecule has 310 valence electrons. The summed E-state index contributed by atoms with van der Waals surface area (Å²) in [6, 6.07) is 18.8. The third kappa shape index (κ3) is 8.16. The minimum atomic E-state index is -4.77. The summed E-state index contributed by atoms with van der Waals surface area (Å²) in [4.78, 5) is 50.6. The van der Waals surface area contributed by atoms with Gasteiger partial charge in [0.2, 0.25) is 17.7 Å². The van der Waals surface area contributed by atoms with E-state index in [1.807, 2.05) is 31.4 Å². The molecule has 2 fully saturated rings. The van der Waals surface area contributed by atoms with E-state index in [4.69, 9.17) is 18.9 Å². The molecule has 9 rings (SSSR count). The Labute approximate surface area is 346 Å². The molecular formula is C45H37F3N6O7. The van der Waals surface area contributed by atoms with Crippen molar-refractivity contribution < 1.29 is 46.5 Å². The van der Waals surface area contributed by atoms with Crippen LogP contribution in [0.4, 0.5) is 13.2 Å². The standard InChI is InChI=1S/C45H37F3N6O7/c1-53-36-14-15-49-24-35(36)34-8-4-26(20-38(34)53)27-5-13-41(50-23-27)61-32-21-31(22-32)60-39-11-6-29(51-42(39)45(46,47)48)3-2-16-58-17-18-59-30-7-9-33-28(19-30)25-54(44(33)57)37-10-12-40(55)52-43(37)56/h4-9,11,13-15,19-20,23-24,31-32,37H,10,12,16-18,21-22,25H2,1H3,(H,52,55,56). The number of aromatic nitrogens is 4. The van der Waals surface area contributed by atoms with Crippen molar-refractivity contribution in [3.63, 3.8) is 0 Å². The molecule has 6 heterocycles. The van der Waals surface area contributed by atoms with Crippen LogP contribution in [0.3, 0.4) is 0 Å². The number of imide groups is 1. The van der Waals surface area contributed by atoms with Gasteiger partial charge in [-0.25, -0.2) is 9.97 Å². The fourth-order valence-electron chi connectivity index (χ4n) is 7.84. The summed E-state index contributed by atoms with van der Waals surface area (Å²) >= 11 is 0. The molecule has 1 atom stereocenters. The number of hydrogen-bond donors (Lipinski definition) is 1. The van der Waals surface area contributed by atoms with E-state index in [1.54, 1.807) is 36.7 Å². The maximum Gasteiger partial charge on any atom is 0.437 e. The van der Waals surface area contributed by atoms with Gasteiger partial charge in [0.1, 0.15) is 42.9 Å². The van der Waals surface area contributed by atoms with Crippen molar-refractivity contribution in [2.45, 2.75) is 56.7 Å². The van der Waals surface area contributed by atoms with Crippen molar-refractivity contribution in [2.75, 3.05) is 19.8 Å². The van der Waals surface area contributed by atoms with Gasteiger partial charge in [0.25, 0.3) is 5.91 Å². The molecule has 0 bridgehead atoms. The molecule has 0 radical (unpaired) electrons. The van der Waals surface area contributed by atoms with Crippen molar-refractivity contribution in [3.8, 4) is 40.3 Å². The number of amides is 3. The van der Waals surface area contributed by atoms with Gasteiger partial charge in [0, 0.05) is 84.9 Å². The van der Waals surface area contributed by atoms with Crippen LogP contribution in [-0.2, 0) is 34.1 Å². The van der Waals surface area contributed by atoms with Crippen molar-refractivity contribution in [1.82, 2.24) is 29.7 Å². The molecular weight excluding hydrogens is 794 g/mol. The molecule has 6 aromatic rings. The summed E-state index contributed by atoms with van der Waals surface area (Å²) in [6.07, 6.45) is 1.06. The number of alkyl halides is 3. The average molecular weight is 831 g/mol. The largest absolute Gasteiger partial charge is 0.491 e. The van der Waals surface area contributed by atoms with E-state index in [0.717, 1.165) is 32.9 Å². The quantitative estimate of drug-likeness (QED) is 0.0885. The first-order valence-corrected chi connectivity index (χ1v) is 19.7. The Hall–Kier alpha value is -6.99. The fraction of sp³-hybridized carbons (Fsp3) is 0.289. The number of ether oxygens (including phenoxy) is 4. The minimum absolute atomic E-state index is 0.0791. The van der Waals surface area contributed by atoms with E-state index >= 15 is 0 Å². The highest BCUT2D eigenvalue weighted by atomic mass is 19.4. The molecule has 2 aliphatic heterocycles. The molecule has 3 amide bonds. The molecule has 1 saturated heterocycles. The lowest BCUT2D eigenvalue weighted by atomic mass is 9.92. The summed E-state index contributed by atoms with van der Waals surface area (Å²) in [5, 5.41) is 4.49. The van der Waals surface area contributed by atoms with Gasteiger partial charge in [-0.2, -0.15) is 13.2 Å². The first-order valence-electron chi connectivity index (χ1n) is 19.7. The Balaban J connectivity index is 0.727. The molecule has 1 unspecified atom stereocenters. The number of nitrogens with zero attached hydrogens (tertiary/aromatic N) is 5. The van der Waals surface area contributed by atoms with Crippen LogP contribution in [0.25, 0.3) is 32.9 Å². The maximum absolute atomic E-state index is 14.0. The van der Waals surface area contributed by atoms with Gasteiger partial charge in [0.15, 0.2) is 11.4 Å². The van der Waals surface area contributed by atoms with Gasteiger partial charge < -0.3 is 28.4 Å². The number of hydrogen-bond acceptors (Lipinski definition) is 10. The number of aryl methyl sites for hydroxylation is 1. The van der Waals surface area contributed by atoms with Crippen LogP contribution in [0.5, 0.6) is 17.4 Å². The van der Waals surface area contributed by atoms with E-state index in [0.29, 0.717) is 35.6 Å². The second kappa shape index (κ2) is 16.2. The maximum atomic E-state index is 14.0. The lowest BCUT2D eigenvalue weighted by molar-refractivity contribution is -0.143. The van der Waals surface area contributed by atoms with Crippen LogP contribution < -0.4 is 19.5 Å². The Morgan fingerprint density at radius 2 is 1.72 bits per heavy atom. The van der Waals surface area contributed by atoms with Gasteiger partial charge >= 0.3 is 6.18 Å². The van der Waals surface area contributed by atoms with E-state index in [9.17, 15) is 27.6 Å². The highest BCUT2D eigenvalue weighted by molar-refractivity contribution is 6.08. The molecule has 16 heteroatoms. The number of halogens is 3.